The van der Waals surface area contributed by atoms with E-state index in [1.54, 1.807) is 0 Å². The van der Waals surface area contributed by atoms with E-state index in [4.69, 9.17) is 15.0 Å². The molecule has 2 heterocycles. The first-order chi connectivity index (χ1) is 31.7. The standard InChI is InChI=1S/C59H52N4Si/c1-4-17-44(18-5-1)64(45-19-6-2-7-20-45,46-21-8-3-9-22-46)47-23-14-16-43(38-47)57-60-58(62-59(61-57)63-54-28-12-10-24-48(54)49-25-11-13-29-55(49)63)56-50(52-36-39-30-32-41(52)34-39)26-15-27-51(56)53-37-40-31-33-42(53)35-40/h1-29,38-42,52-53H,30-37H2. The molecule has 4 fully saturated rings. The SMILES string of the molecule is c1ccc([Si](c2ccccc2)(c2ccccc2)c2cccc(-c3nc(-c4c(C5CC6CCC5C6)cccc4C4CC5CCC4C5)nc(-n4c5ccccc5c5ccccc54)n3)c2)cc1. The second kappa shape index (κ2) is 15.4. The molecule has 4 saturated carbocycles. The maximum Gasteiger partial charge on any atom is 0.238 e. The average molecular weight is 845 g/mol. The third-order valence-corrected chi connectivity index (χ3v) is 21.0. The Morgan fingerprint density at radius 1 is 0.406 bits per heavy atom. The quantitative estimate of drug-likeness (QED) is 0.107. The zero-order chi connectivity index (χ0) is 42.2. The van der Waals surface area contributed by atoms with Crippen molar-refractivity contribution in [3.63, 3.8) is 0 Å². The number of para-hydroxylation sites is 2. The van der Waals surface area contributed by atoms with Crippen LogP contribution >= 0.6 is 0 Å². The van der Waals surface area contributed by atoms with Crippen molar-refractivity contribution in [1.29, 1.82) is 0 Å². The Balaban J connectivity index is 1.09. The Kier molecular flexibility index (Phi) is 9.15. The molecule has 4 aliphatic rings. The van der Waals surface area contributed by atoms with E-state index in [0.717, 1.165) is 51.9 Å². The van der Waals surface area contributed by atoms with Gasteiger partial charge in [-0.25, -0.2) is 4.98 Å². The van der Waals surface area contributed by atoms with Gasteiger partial charge < -0.3 is 0 Å². The molecular weight excluding hydrogens is 793 g/mol. The number of fused-ring (bicyclic) bond motifs is 7. The van der Waals surface area contributed by atoms with Gasteiger partial charge in [-0.15, -0.1) is 0 Å². The minimum atomic E-state index is -2.83. The molecule has 0 aliphatic heterocycles. The molecule has 0 saturated heterocycles. The van der Waals surface area contributed by atoms with Crippen LogP contribution in [0.5, 0.6) is 0 Å². The molecule has 6 atom stereocenters. The van der Waals surface area contributed by atoms with Crippen molar-refractivity contribution in [1.82, 2.24) is 19.5 Å². The minimum absolute atomic E-state index is 0.543. The summed E-state index contributed by atoms with van der Waals surface area (Å²) in [5.74, 6) is 6.47. The lowest BCUT2D eigenvalue weighted by atomic mass is 9.76. The molecule has 2 aromatic heterocycles. The minimum Gasteiger partial charge on any atom is -0.278 e. The number of benzene rings is 7. The Hall–Kier alpha value is -6.43. The lowest BCUT2D eigenvalue weighted by Gasteiger charge is -2.34. The topological polar surface area (TPSA) is 43.6 Å². The monoisotopic (exact) mass is 844 g/mol. The van der Waals surface area contributed by atoms with Crippen LogP contribution in [0.25, 0.3) is 50.5 Å². The Morgan fingerprint density at radius 3 is 1.38 bits per heavy atom. The summed E-state index contributed by atoms with van der Waals surface area (Å²) in [5.41, 5.74) is 7.51. The van der Waals surface area contributed by atoms with Gasteiger partial charge in [-0.05, 0) is 118 Å². The predicted octanol–water partition coefficient (Wildman–Crippen LogP) is 11.5. The average Bonchev–Trinajstić information content (AvgIpc) is 4.24. The number of aromatic nitrogens is 4. The van der Waals surface area contributed by atoms with Crippen LogP contribution in [0, 0.1) is 23.7 Å². The van der Waals surface area contributed by atoms with E-state index in [1.165, 1.54) is 99.6 Å². The van der Waals surface area contributed by atoms with Crippen LogP contribution < -0.4 is 20.7 Å². The van der Waals surface area contributed by atoms with Gasteiger partial charge in [-0.3, -0.25) is 4.57 Å². The van der Waals surface area contributed by atoms with Crippen LogP contribution in [0.15, 0.2) is 182 Å². The Labute approximate surface area is 377 Å². The molecule has 4 aliphatic carbocycles. The van der Waals surface area contributed by atoms with Gasteiger partial charge in [0, 0.05) is 21.9 Å². The van der Waals surface area contributed by atoms with E-state index >= 15 is 0 Å². The summed E-state index contributed by atoms with van der Waals surface area (Å²) in [5, 5.41) is 7.77. The van der Waals surface area contributed by atoms with Gasteiger partial charge in [0.15, 0.2) is 19.7 Å². The fraction of sp³-hybridized carbons (Fsp3) is 0.237. The Bertz CT molecular complexity index is 2980. The summed E-state index contributed by atoms with van der Waals surface area (Å²) in [6, 6.07) is 67.7. The van der Waals surface area contributed by atoms with Crippen molar-refractivity contribution >= 4 is 50.6 Å². The molecule has 0 spiro atoms. The first-order valence-corrected chi connectivity index (χ1v) is 25.9. The zero-order valence-corrected chi connectivity index (χ0v) is 37.2. The third kappa shape index (κ3) is 6.04. The normalized spacial score (nSPS) is 22.5. The van der Waals surface area contributed by atoms with Gasteiger partial charge in [0.1, 0.15) is 0 Å². The fourth-order valence-corrected chi connectivity index (χ4v) is 18.3. The molecule has 0 radical (unpaired) electrons. The largest absolute Gasteiger partial charge is 0.278 e. The van der Waals surface area contributed by atoms with Crippen molar-refractivity contribution in [3.8, 4) is 28.7 Å². The summed E-state index contributed by atoms with van der Waals surface area (Å²) in [6.45, 7) is 0. The van der Waals surface area contributed by atoms with E-state index < -0.39 is 8.07 Å². The van der Waals surface area contributed by atoms with E-state index in [-0.39, 0.29) is 0 Å². The van der Waals surface area contributed by atoms with Crippen LogP contribution in [0.4, 0.5) is 0 Å². The highest BCUT2D eigenvalue weighted by Gasteiger charge is 2.45. The molecule has 13 rings (SSSR count). The maximum absolute atomic E-state index is 5.75. The summed E-state index contributed by atoms with van der Waals surface area (Å²) < 4.78 is 2.30. The molecule has 4 bridgehead atoms. The summed E-state index contributed by atoms with van der Waals surface area (Å²) in [6.07, 6.45) is 10.7. The first kappa shape index (κ1) is 38.1. The molecular formula is C59H52N4Si. The number of rotatable bonds is 9. The highest BCUT2D eigenvalue weighted by molar-refractivity contribution is 7.19. The molecule has 0 amide bonds. The van der Waals surface area contributed by atoms with E-state index in [2.05, 4.69) is 187 Å². The summed E-state index contributed by atoms with van der Waals surface area (Å²) in [7, 11) is -2.83. The van der Waals surface area contributed by atoms with Crippen molar-refractivity contribution in [2.24, 2.45) is 23.7 Å². The molecule has 5 heteroatoms. The lowest BCUT2D eigenvalue weighted by molar-refractivity contribution is 0.413. The van der Waals surface area contributed by atoms with Gasteiger partial charge in [-0.2, -0.15) is 9.97 Å². The van der Waals surface area contributed by atoms with Crippen LogP contribution in [0.2, 0.25) is 0 Å². The molecule has 6 unspecified atom stereocenters. The second-order valence-corrected chi connectivity index (χ2v) is 23.3. The summed E-state index contributed by atoms with van der Waals surface area (Å²) >= 11 is 0. The van der Waals surface area contributed by atoms with Crippen molar-refractivity contribution in [2.75, 3.05) is 0 Å². The second-order valence-electron chi connectivity index (χ2n) is 19.5. The van der Waals surface area contributed by atoms with Gasteiger partial charge in [0.2, 0.25) is 5.95 Å². The number of hydrogen-bond acceptors (Lipinski definition) is 3. The number of nitrogens with zero attached hydrogens (tertiary/aromatic N) is 4. The highest BCUT2D eigenvalue weighted by atomic mass is 28.3. The smallest absolute Gasteiger partial charge is 0.238 e. The van der Waals surface area contributed by atoms with Gasteiger partial charge in [-0.1, -0.05) is 183 Å². The fourth-order valence-electron chi connectivity index (χ4n) is 13.5. The highest BCUT2D eigenvalue weighted by Crippen LogP contribution is 2.58. The van der Waals surface area contributed by atoms with Gasteiger partial charge >= 0.3 is 0 Å². The molecule has 9 aromatic rings. The molecule has 0 N–H and O–H groups in total. The zero-order valence-electron chi connectivity index (χ0n) is 36.2. The van der Waals surface area contributed by atoms with E-state index in [9.17, 15) is 0 Å². The molecule has 4 nitrogen and oxygen atoms in total. The van der Waals surface area contributed by atoms with Crippen molar-refractivity contribution < 1.29 is 0 Å². The van der Waals surface area contributed by atoms with Crippen LogP contribution in [0.3, 0.4) is 0 Å². The molecule has 7 aromatic carbocycles. The van der Waals surface area contributed by atoms with Crippen LogP contribution in [-0.2, 0) is 0 Å². The first-order valence-electron chi connectivity index (χ1n) is 23.9. The maximum atomic E-state index is 5.75. The van der Waals surface area contributed by atoms with Gasteiger partial charge in [0.25, 0.3) is 0 Å². The van der Waals surface area contributed by atoms with Crippen LogP contribution in [-0.4, -0.2) is 27.6 Å². The van der Waals surface area contributed by atoms with Gasteiger partial charge in [0.05, 0.1) is 11.0 Å². The molecule has 64 heavy (non-hydrogen) atoms. The molecule has 312 valence electrons. The third-order valence-electron chi connectivity index (χ3n) is 16.2. The van der Waals surface area contributed by atoms with E-state index in [1.807, 2.05) is 0 Å². The Morgan fingerprint density at radius 2 is 0.875 bits per heavy atom. The van der Waals surface area contributed by atoms with Crippen molar-refractivity contribution in [2.45, 2.75) is 63.2 Å². The predicted molar refractivity (Wildman–Crippen MR) is 265 cm³/mol. The van der Waals surface area contributed by atoms with E-state index in [0.29, 0.717) is 17.8 Å². The summed E-state index contributed by atoms with van der Waals surface area (Å²) in [4.78, 5) is 17.1. The lowest BCUT2D eigenvalue weighted by Crippen LogP contribution is -2.74. The number of hydrogen-bond donors (Lipinski definition) is 0. The van der Waals surface area contributed by atoms with Crippen molar-refractivity contribution in [3.05, 3.63) is 193 Å². The van der Waals surface area contributed by atoms with Crippen LogP contribution in [0.1, 0.15) is 74.3 Å².